The molecule has 1 amide bonds. The summed E-state index contributed by atoms with van der Waals surface area (Å²) >= 11 is 0. The van der Waals surface area contributed by atoms with E-state index < -0.39 is 27.5 Å². The van der Waals surface area contributed by atoms with Crippen LogP contribution < -0.4 is 19.1 Å². The Balaban J connectivity index is 1.67. The maximum Gasteiger partial charge on any atom is 0.271 e. The highest BCUT2D eigenvalue weighted by Gasteiger charge is 2.62. The van der Waals surface area contributed by atoms with Crippen molar-refractivity contribution in [2.24, 2.45) is 0 Å². The van der Waals surface area contributed by atoms with E-state index in [-0.39, 0.29) is 16.1 Å². The van der Waals surface area contributed by atoms with Crippen molar-refractivity contribution in [3.05, 3.63) is 101 Å². The summed E-state index contributed by atoms with van der Waals surface area (Å²) in [6.45, 7) is 0.972. The van der Waals surface area contributed by atoms with E-state index in [9.17, 15) is 13.7 Å². The molecule has 44 heavy (non-hydrogen) atoms. The Labute approximate surface area is 255 Å². The number of anilines is 1. The second-order valence-electron chi connectivity index (χ2n) is 10.6. The van der Waals surface area contributed by atoms with E-state index in [0.717, 1.165) is 9.87 Å². The number of amides is 1. The molecule has 11 nitrogen and oxygen atoms in total. The van der Waals surface area contributed by atoms with Crippen LogP contribution in [0.15, 0.2) is 82.4 Å². The molecule has 0 radical (unpaired) electrons. The lowest BCUT2D eigenvalue weighted by Gasteiger charge is -2.41. The van der Waals surface area contributed by atoms with Gasteiger partial charge in [0.15, 0.2) is 5.54 Å². The number of benzene rings is 3. The summed E-state index contributed by atoms with van der Waals surface area (Å²) < 4.78 is 46.6. The van der Waals surface area contributed by atoms with E-state index >= 15 is 4.79 Å². The van der Waals surface area contributed by atoms with Crippen molar-refractivity contribution in [2.45, 2.75) is 35.9 Å². The van der Waals surface area contributed by atoms with Crippen LogP contribution in [0.3, 0.4) is 0 Å². The molecular formula is C32H31N5O6S. The minimum atomic E-state index is -4.43. The number of nitriles is 1. The van der Waals surface area contributed by atoms with Gasteiger partial charge in [0.2, 0.25) is 5.89 Å². The normalized spacial score (nSPS) is 20.0. The number of likely N-dealkylation sites (tertiary alicyclic amines) is 1. The van der Waals surface area contributed by atoms with Gasteiger partial charge in [0, 0.05) is 24.2 Å². The number of aromatic nitrogens is 1. The lowest BCUT2D eigenvalue weighted by molar-refractivity contribution is -0.127. The number of rotatable bonds is 9. The number of nitrogens with zero attached hydrogens (tertiary/aromatic N) is 4. The van der Waals surface area contributed by atoms with Crippen molar-refractivity contribution in [3.8, 4) is 17.6 Å². The van der Waals surface area contributed by atoms with Gasteiger partial charge in [-0.3, -0.25) is 9.69 Å². The van der Waals surface area contributed by atoms with Crippen LogP contribution in [0.25, 0.3) is 0 Å². The predicted octanol–water partition coefficient (Wildman–Crippen LogP) is 4.10. The number of methoxy groups -OCH3 is 2. The quantitative estimate of drug-likeness (QED) is 0.294. The predicted molar refractivity (Wildman–Crippen MR) is 161 cm³/mol. The van der Waals surface area contributed by atoms with Crippen LogP contribution >= 0.6 is 0 Å². The van der Waals surface area contributed by atoms with Crippen LogP contribution in [0.4, 0.5) is 5.69 Å². The van der Waals surface area contributed by atoms with Gasteiger partial charge >= 0.3 is 0 Å². The summed E-state index contributed by atoms with van der Waals surface area (Å²) in [6.07, 6.45) is 4.34. The molecule has 6 rings (SSSR count). The highest BCUT2D eigenvalue weighted by Crippen LogP contribution is 2.56. The number of nitrogens with one attached hydrogen (secondary N) is 1. The van der Waals surface area contributed by atoms with Gasteiger partial charge < -0.3 is 19.2 Å². The van der Waals surface area contributed by atoms with Gasteiger partial charge in [0.25, 0.3) is 15.9 Å². The first-order chi connectivity index (χ1) is 21.3. The molecule has 4 aromatic rings. The first kappa shape index (κ1) is 29.4. The number of sulfonamides is 1. The third-order valence-corrected chi connectivity index (χ3v) is 9.99. The van der Waals surface area contributed by atoms with E-state index in [1.54, 1.807) is 18.3 Å². The first-order valence-electron chi connectivity index (χ1n) is 14.1. The third kappa shape index (κ3) is 4.43. The molecular weight excluding hydrogens is 582 g/mol. The summed E-state index contributed by atoms with van der Waals surface area (Å²) in [6, 6.07) is 17.7. The molecule has 3 aromatic carbocycles. The summed E-state index contributed by atoms with van der Waals surface area (Å²) in [7, 11) is 0.399. The standard InChI is InChI=1S/C32H31N5O6S/c1-34-20-22-6-12-25(29(18-22)42-3)32(36-15-4-5-28(36)30-35-14-16-43-30)26-17-21(19-33)7-13-27(26)37(31(32)38)44(39,40)24-10-8-23(41-2)9-11-24/h6-14,16-18,28,34H,4-5,15,20H2,1-3H3/t28-,32?/m0/s1. The van der Waals surface area contributed by atoms with E-state index in [0.29, 0.717) is 54.4 Å². The molecule has 1 saturated heterocycles. The van der Waals surface area contributed by atoms with Crippen molar-refractivity contribution in [1.82, 2.24) is 15.2 Å². The van der Waals surface area contributed by atoms with Crippen LogP contribution in [0.1, 0.15) is 47.0 Å². The molecule has 226 valence electrons. The molecule has 1 fully saturated rings. The van der Waals surface area contributed by atoms with Crippen molar-refractivity contribution >= 4 is 21.6 Å². The van der Waals surface area contributed by atoms with Crippen LogP contribution in [0.5, 0.6) is 11.5 Å². The Morgan fingerprint density at radius 1 is 1.09 bits per heavy atom. The van der Waals surface area contributed by atoms with Crippen molar-refractivity contribution < 1.29 is 27.1 Å². The third-order valence-electron chi connectivity index (χ3n) is 8.28. The zero-order chi connectivity index (χ0) is 31.1. The van der Waals surface area contributed by atoms with Gasteiger partial charge in [-0.05, 0) is 74.0 Å². The smallest absolute Gasteiger partial charge is 0.271 e. The summed E-state index contributed by atoms with van der Waals surface area (Å²) in [5.41, 5.74) is 0.448. The number of carbonyl (C=O) groups is 1. The van der Waals surface area contributed by atoms with Crippen LogP contribution in [-0.4, -0.2) is 52.0 Å². The van der Waals surface area contributed by atoms with Crippen LogP contribution in [-0.2, 0) is 26.9 Å². The van der Waals surface area contributed by atoms with E-state index in [2.05, 4.69) is 16.4 Å². The molecule has 3 heterocycles. The van der Waals surface area contributed by atoms with Crippen molar-refractivity contribution in [2.75, 3.05) is 32.1 Å². The SMILES string of the molecule is CNCc1ccc(C2(N3CCC[C@H]3c3ncco3)C(=O)N(S(=O)(=O)c3ccc(OC)cc3)c3ccc(C#N)cc32)c(OC)c1. The van der Waals surface area contributed by atoms with Gasteiger partial charge in [-0.2, -0.15) is 5.26 Å². The van der Waals surface area contributed by atoms with Crippen LogP contribution in [0.2, 0.25) is 0 Å². The second-order valence-corrected chi connectivity index (χ2v) is 12.4. The van der Waals surface area contributed by atoms with E-state index in [1.165, 1.54) is 56.9 Å². The maximum atomic E-state index is 15.3. The van der Waals surface area contributed by atoms with E-state index in [1.807, 2.05) is 24.1 Å². The summed E-state index contributed by atoms with van der Waals surface area (Å²) in [5.74, 6) is 0.579. The molecule has 1 aromatic heterocycles. The number of oxazole rings is 1. The molecule has 0 bridgehead atoms. The zero-order valence-electron chi connectivity index (χ0n) is 24.5. The molecule has 2 aliphatic heterocycles. The summed E-state index contributed by atoms with van der Waals surface area (Å²) in [4.78, 5) is 21.6. The lowest BCUT2D eigenvalue weighted by atomic mass is 9.80. The Hall–Kier alpha value is -4.70. The van der Waals surface area contributed by atoms with Gasteiger partial charge in [-0.25, -0.2) is 17.7 Å². The molecule has 0 spiro atoms. The Morgan fingerprint density at radius 2 is 1.89 bits per heavy atom. The Bertz CT molecular complexity index is 1850. The minimum absolute atomic E-state index is 0.0835. The van der Waals surface area contributed by atoms with Crippen LogP contribution in [0, 0.1) is 11.3 Å². The molecule has 2 atom stereocenters. The molecule has 1 N–H and O–H groups in total. The highest BCUT2D eigenvalue weighted by molar-refractivity contribution is 7.93. The largest absolute Gasteiger partial charge is 0.497 e. The van der Waals surface area contributed by atoms with Crippen molar-refractivity contribution in [1.29, 1.82) is 5.26 Å². The first-order valence-corrected chi connectivity index (χ1v) is 15.5. The molecule has 1 unspecified atom stereocenters. The Kier molecular flexibility index (Phi) is 7.63. The fourth-order valence-electron chi connectivity index (χ4n) is 6.40. The summed E-state index contributed by atoms with van der Waals surface area (Å²) in [5, 5.41) is 13.1. The number of hydrogen-bond donors (Lipinski definition) is 1. The topological polar surface area (TPSA) is 138 Å². The molecule has 2 aliphatic rings. The number of fused-ring (bicyclic) bond motifs is 1. The van der Waals surface area contributed by atoms with Gasteiger partial charge in [-0.15, -0.1) is 0 Å². The lowest BCUT2D eigenvalue weighted by Crippen LogP contribution is -2.54. The monoisotopic (exact) mass is 613 g/mol. The van der Waals surface area contributed by atoms with Gasteiger partial charge in [-0.1, -0.05) is 12.1 Å². The Morgan fingerprint density at radius 3 is 2.55 bits per heavy atom. The number of ether oxygens (including phenoxy) is 2. The molecule has 12 heteroatoms. The second kappa shape index (κ2) is 11.4. The van der Waals surface area contributed by atoms with Gasteiger partial charge in [0.05, 0.1) is 48.7 Å². The molecule has 0 saturated carbocycles. The fraction of sp³-hybridized carbons (Fsp3) is 0.281. The minimum Gasteiger partial charge on any atom is -0.497 e. The zero-order valence-corrected chi connectivity index (χ0v) is 25.3. The average Bonchev–Trinajstić information content (AvgIpc) is 3.80. The average molecular weight is 614 g/mol. The fourth-order valence-corrected chi connectivity index (χ4v) is 7.86. The number of carbonyl (C=O) groups excluding carboxylic acids is 1. The van der Waals surface area contributed by atoms with E-state index in [4.69, 9.17) is 13.9 Å². The molecule has 0 aliphatic carbocycles. The maximum absolute atomic E-state index is 15.3. The van der Waals surface area contributed by atoms with Gasteiger partial charge in [0.1, 0.15) is 17.8 Å². The number of hydrogen-bond acceptors (Lipinski definition) is 10. The van der Waals surface area contributed by atoms with Crippen molar-refractivity contribution in [3.63, 3.8) is 0 Å². The highest BCUT2D eigenvalue weighted by atomic mass is 32.2.